The van der Waals surface area contributed by atoms with Crippen LogP contribution in [0.5, 0.6) is 0 Å². The van der Waals surface area contributed by atoms with Gasteiger partial charge in [-0.25, -0.2) is 0 Å². The second-order valence-corrected chi connectivity index (χ2v) is 26.6. The average Bonchev–Trinajstić information content (AvgIpc) is 2.44. The van der Waals surface area contributed by atoms with Gasteiger partial charge >= 0.3 is 150 Å². The van der Waals surface area contributed by atoms with Gasteiger partial charge in [-0.05, 0) is 0 Å². The quantitative estimate of drug-likeness (QED) is 0.321. The van der Waals surface area contributed by atoms with E-state index in [-0.39, 0.29) is 0 Å². The zero-order valence-corrected chi connectivity index (χ0v) is 20.4. The fourth-order valence-electron chi connectivity index (χ4n) is 3.48. The summed E-state index contributed by atoms with van der Waals surface area (Å²) in [6.45, 7) is 13.9. The third-order valence-electron chi connectivity index (χ3n) is 4.66. The van der Waals surface area contributed by atoms with Crippen molar-refractivity contribution in [2.75, 3.05) is 0 Å². The zero-order valence-electron chi connectivity index (χ0n) is 16.5. The molecule has 0 fully saturated rings. The van der Waals surface area contributed by atoms with Crippen LogP contribution in [0.1, 0.15) is 65.7 Å². The number of carboxylic acid groups (broad SMARTS) is 1. The number of carboxylic acids is 1. The number of rotatable bonds is 13. The molecule has 0 spiro atoms. The molecule has 1 N–H and O–H groups in total. The average molecular weight is 447 g/mol. The van der Waals surface area contributed by atoms with Gasteiger partial charge in [0.15, 0.2) is 0 Å². The van der Waals surface area contributed by atoms with Gasteiger partial charge in [0.05, 0.1) is 0 Å². The van der Waals surface area contributed by atoms with Crippen LogP contribution >= 0.6 is 0 Å². The number of carbonyl (C=O) groups is 1. The standard InChI is InChI=1S/C7H13O2Si.3C4H9.Sn/c1-10(2,3)6-4-5-7(8)9;3*1-3-4-2;/h6H,5H2,1-3H3,(H,8,9);3*1,3-4H2,2H3;. The van der Waals surface area contributed by atoms with E-state index >= 15 is 0 Å². The summed E-state index contributed by atoms with van der Waals surface area (Å²) in [5.41, 5.74) is 2.50. The summed E-state index contributed by atoms with van der Waals surface area (Å²) in [5, 5.41) is 9.53. The van der Waals surface area contributed by atoms with E-state index in [9.17, 15) is 9.90 Å². The Morgan fingerprint density at radius 3 is 1.57 bits per heavy atom. The van der Waals surface area contributed by atoms with E-state index < -0.39 is 32.4 Å². The summed E-state index contributed by atoms with van der Waals surface area (Å²) in [7, 11) is -1.39. The molecule has 0 rings (SSSR count). The molecule has 0 aliphatic rings. The van der Waals surface area contributed by atoms with E-state index in [0.717, 1.165) is 0 Å². The molecule has 0 aromatic rings. The van der Waals surface area contributed by atoms with Crippen molar-refractivity contribution in [3.63, 3.8) is 0 Å². The van der Waals surface area contributed by atoms with E-state index in [1.807, 2.05) is 0 Å². The SMILES string of the molecule is CCC[CH2][Sn]([CH2]CCC)([CH2]CCC)/[C](=C\[Si](C)(C)C)CC(=O)O. The van der Waals surface area contributed by atoms with Gasteiger partial charge in [0.25, 0.3) is 0 Å². The van der Waals surface area contributed by atoms with Crippen LogP contribution in [0.3, 0.4) is 0 Å². The fraction of sp³-hybridized carbons (Fsp3) is 0.842. The predicted molar refractivity (Wildman–Crippen MR) is 109 cm³/mol. The fourth-order valence-corrected chi connectivity index (χ4v) is 26.5. The van der Waals surface area contributed by atoms with Gasteiger partial charge in [0.1, 0.15) is 0 Å². The zero-order chi connectivity index (χ0) is 17.9. The Bertz CT molecular complexity index is 350. The van der Waals surface area contributed by atoms with Crippen LogP contribution in [0.15, 0.2) is 9.29 Å². The first kappa shape index (κ1) is 23.2. The normalized spacial score (nSPS) is 13.4. The molecule has 0 unspecified atom stereocenters. The topological polar surface area (TPSA) is 37.3 Å². The maximum atomic E-state index is 11.6. The summed E-state index contributed by atoms with van der Waals surface area (Å²) >= 11 is -2.55. The molecule has 0 bridgehead atoms. The Morgan fingerprint density at radius 1 is 0.913 bits per heavy atom. The molecule has 0 saturated carbocycles. The maximum absolute atomic E-state index is 11.6. The van der Waals surface area contributed by atoms with Gasteiger partial charge in [0.2, 0.25) is 0 Å². The van der Waals surface area contributed by atoms with Crippen LogP contribution in [0.4, 0.5) is 0 Å². The minimum absolute atomic E-state index is 0.331. The molecule has 0 aliphatic heterocycles. The summed E-state index contributed by atoms with van der Waals surface area (Å²) in [5.74, 6) is -0.611. The molecule has 23 heavy (non-hydrogen) atoms. The van der Waals surface area contributed by atoms with Gasteiger partial charge in [-0.1, -0.05) is 0 Å². The van der Waals surface area contributed by atoms with E-state index in [2.05, 4.69) is 46.1 Å². The molecule has 136 valence electrons. The van der Waals surface area contributed by atoms with Gasteiger partial charge < -0.3 is 0 Å². The molecule has 4 heteroatoms. The molecule has 0 aromatic carbocycles. The van der Waals surface area contributed by atoms with Gasteiger partial charge in [-0.15, -0.1) is 0 Å². The van der Waals surface area contributed by atoms with E-state index in [0.29, 0.717) is 6.42 Å². The molecular weight excluding hydrogens is 407 g/mol. The van der Waals surface area contributed by atoms with Crippen molar-refractivity contribution < 1.29 is 9.90 Å². The minimum atomic E-state index is -2.55. The number of unbranched alkanes of at least 4 members (excludes halogenated alkanes) is 3. The molecule has 0 radical (unpaired) electrons. The molecule has 0 atom stereocenters. The first-order valence-corrected chi connectivity index (χ1v) is 20.7. The molecule has 2 nitrogen and oxygen atoms in total. The van der Waals surface area contributed by atoms with Crippen molar-refractivity contribution in [2.45, 2.75) is 98.7 Å². The van der Waals surface area contributed by atoms with E-state index in [4.69, 9.17) is 0 Å². The van der Waals surface area contributed by atoms with Crippen LogP contribution in [0.2, 0.25) is 33.0 Å². The molecule has 0 heterocycles. The van der Waals surface area contributed by atoms with Crippen molar-refractivity contribution in [3.05, 3.63) is 9.29 Å². The van der Waals surface area contributed by atoms with E-state index in [1.54, 1.807) is 0 Å². The van der Waals surface area contributed by atoms with Gasteiger partial charge in [-0.2, -0.15) is 0 Å². The number of aliphatic carboxylic acids is 1. The van der Waals surface area contributed by atoms with Crippen LogP contribution in [-0.4, -0.2) is 37.5 Å². The third-order valence-corrected chi connectivity index (χ3v) is 22.7. The van der Waals surface area contributed by atoms with Crippen molar-refractivity contribution >= 4 is 32.4 Å². The van der Waals surface area contributed by atoms with Crippen LogP contribution in [0, 0.1) is 0 Å². The Balaban J connectivity index is 5.79. The summed E-state index contributed by atoms with van der Waals surface area (Å²) in [6.07, 6.45) is 7.95. The molecule has 0 aliphatic carbocycles. The first-order valence-electron chi connectivity index (χ1n) is 9.64. The van der Waals surface area contributed by atoms with Gasteiger partial charge in [-0.3, -0.25) is 0 Å². The predicted octanol–water partition coefficient (Wildman–Crippen LogP) is 6.65. The Kier molecular flexibility index (Phi) is 11.8. The second-order valence-electron chi connectivity index (χ2n) is 8.20. The Morgan fingerprint density at radius 2 is 1.30 bits per heavy atom. The van der Waals surface area contributed by atoms with Crippen LogP contribution in [-0.2, 0) is 4.79 Å². The molecule has 0 amide bonds. The summed E-state index contributed by atoms with van der Waals surface area (Å²) in [6, 6.07) is 0. The second kappa shape index (κ2) is 11.7. The van der Waals surface area contributed by atoms with Crippen molar-refractivity contribution in [1.29, 1.82) is 0 Å². The van der Waals surface area contributed by atoms with E-state index in [1.165, 1.54) is 55.4 Å². The summed E-state index contributed by atoms with van der Waals surface area (Å²) in [4.78, 5) is 11.6. The Labute approximate surface area is 150 Å². The molecule has 0 aromatic heterocycles. The van der Waals surface area contributed by atoms with Crippen molar-refractivity contribution in [1.82, 2.24) is 0 Å². The monoisotopic (exact) mass is 448 g/mol. The number of hydrogen-bond donors (Lipinski definition) is 1. The number of hydrogen-bond acceptors (Lipinski definition) is 1. The van der Waals surface area contributed by atoms with Crippen LogP contribution < -0.4 is 0 Å². The summed E-state index contributed by atoms with van der Waals surface area (Å²) < 4.78 is 5.57. The third kappa shape index (κ3) is 9.95. The van der Waals surface area contributed by atoms with Crippen LogP contribution in [0.25, 0.3) is 0 Å². The molecular formula is C19H40O2SiSn. The van der Waals surface area contributed by atoms with Crippen molar-refractivity contribution in [2.24, 2.45) is 0 Å². The van der Waals surface area contributed by atoms with Crippen molar-refractivity contribution in [3.8, 4) is 0 Å². The first-order chi connectivity index (χ1) is 10.7. The van der Waals surface area contributed by atoms with Gasteiger partial charge in [0, 0.05) is 0 Å². The molecule has 0 saturated heterocycles. The Hall–Kier alpha value is 0.226.